The molecule has 0 atom stereocenters. The number of hydrogen-bond acceptors (Lipinski definition) is 2. The van der Waals surface area contributed by atoms with Crippen LogP contribution in [0.15, 0.2) is 18.2 Å². The van der Waals surface area contributed by atoms with Crippen LogP contribution in [0.2, 0.25) is 0 Å². The molecule has 1 aromatic heterocycles. The van der Waals surface area contributed by atoms with Crippen molar-refractivity contribution in [2.24, 2.45) is 7.05 Å². The number of carbonyl (C=O) groups excluding carboxylic acids is 1. The molecule has 0 aliphatic carbocycles. The van der Waals surface area contributed by atoms with Crippen LogP contribution < -0.4 is 0 Å². The van der Waals surface area contributed by atoms with Gasteiger partial charge in [-0.2, -0.15) is 0 Å². The van der Waals surface area contributed by atoms with Crippen LogP contribution in [0.3, 0.4) is 0 Å². The lowest BCUT2D eigenvalue weighted by atomic mass is 9.86. The average Bonchev–Trinajstić information content (AvgIpc) is 2.61. The van der Waals surface area contributed by atoms with Crippen LogP contribution in [0.1, 0.15) is 54.1 Å². The summed E-state index contributed by atoms with van der Waals surface area (Å²) in [5, 5.41) is 10.1. The molecule has 2 aromatic rings. The minimum atomic E-state index is -1.08. The second-order valence-electron chi connectivity index (χ2n) is 6.13. The van der Waals surface area contributed by atoms with E-state index in [1.54, 1.807) is 11.6 Å². The Bertz CT molecular complexity index is 717. The molecule has 0 aliphatic heterocycles. The van der Waals surface area contributed by atoms with Gasteiger partial charge in [-0.1, -0.05) is 26.8 Å². The van der Waals surface area contributed by atoms with Gasteiger partial charge in [0.15, 0.2) is 5.78 Å². The van der Waals surface area contributed by atoms with E-state index in [9.17, 15) is 14.7 Å². The Morgan fingerprint density at radius 1 is 1.20 bits per heavy atom. The number of rotatable bonds is 2. The predicted octanol–water partition coefficient (Wildman–Crippen LogP) is 3.38. The summed E-state index contributed by atoms with van der Waals surface area (Å²) in [5.41, 5.74) is 2.14. The Morgan fingerprint density at radius 2 is 1.80 bits per heavy atom. The number of aromatic carboxylic acids is 1. The van der Waals surface area contributed by atoms with Crippen LogP contribution in [-0.2, 0) is 12.5 Å². The highest BCUT2D eigenvalue weighted by atomic mass is 16.4. The molecule has 2 rings (SSSR count). The van der Waals surface area contributed by atoms with Crippen LogP contribution in [0.25, 0.3) is 10.9 Å². The van der Waals surface area contributed by atoms with E-state index in [0.717, 1.165) is 11.1 Å². The normalized spacial score (nSPS) is 11.8. The Balaban J connectivity index is 2.91. The molecule has 0 radical (unpaired) electrons. The van der Waals surface area contributed by atoms with E-state index >= 15 is 0 Å². The summed E-state index contributed by atoms with van der Waals surface area (Å²) >= 11 is 0. The Kier molecular flexibility index (Phi) is 3.20. The number of aromatic nitrogens is 1. The third-order valence-electron chi connectivity index (χ3n) is 3.62. The van der Waals surface area contributed by atoms with Crippen molar-refractivity contribution >= 4 is 22.7 Å². The van der Waals surface area contributed by atoms with Crippen LogP contribution in [-0.4, -0.2) is 21.4 Å². The molecule has 0 unspecified atom stereocenters. The average molecular weight is 273 g/mol. The van der Waals surface area contributed by atoms with E-state index in [1.807, 2.05) is 18.2 Å². The van der Waals surface area contributed by atoms with E-state index in [0.29, 0.717) is 10.9 Å². The standard InChI is InChI=1S/C16H19NO3/c1-9(18)13-11-8-10(16(2,3)4)6-7-12(11)17(5)14(13)15(19)20/h6-8H,1-5H3,(H,19,20). The lowest BCUT2D eigenvalue weighted by molar-refractivity contribution is 0.0682. The lowest BCUT2D eigenvalue weighted by Gasteiger charge is -2.19. The Hall–Kier alpha value is -2.10. The van der Waals surface area contributed by atoms with E-state index < -0.39 is 5.97 Å². The van der Waals surface area contributed by atoms with Crippen LogP contribution >= 0.6 is 0 Å². The highest BCUT2D eigenvalue weighted by molar-refractivity contribution is 6.14. The third-order valence-corrected chi connectivity index (χ3v) is 3.62. The molecule has 0 saturated heterocycles. The van der Waals surface area contributed by atoms with Crippen molar-refractivity contribution in [1.82, 2.24) is 4.57 Å². The molecule has 0 aliphatic rings. The zero-order valence-corrected chi connectivity index (χ0v) is 12.4. The first kappa shape index (κ1) is 14.3. The number of carboxylic acid groups (broad SMARTS) is 1. The zero-order chi connectivity index (χ0) is 15.2. The van der Waals surface area contributed by atoms with E-state index in [2.05, 4.69) is 20.8 Å². The van der Waals surface area contributed by atoms with Crippen molar-refractivity contribution < 1.29 is 14.7 Å². The van der Waals surface area contributed by atoms with E-state index in [-0.39, 0.29) is 16.9 Å². The van der Waals surface area contributed by atoms with Gasteiger partial charge in [0.1, 0.15) is 5.69 Å². The first-order valence-corrected chi connectivity index (χ1v) is 6.51. The van der Waals surface area contributed by atoms with Crippen LogP contribution in [0.5, 0.6) is 0 Å². The molecule has 1 aromatic carbocycles. The van der Waals surface area contributed by atoms with Gasteiger partial charge in [0, 0.05) is 18.0 Å². The van der Waals surface area contributed by atoms with Crippen molar-refractivity contribution in [3.63, 3.8) is 0 Å². The second-order valence-corrected chi connectivity index (χ2v) is 6.13. The van der Waals surface area contributed by atoms with Crippen LogP contribution in [0, 0.1) is 0 Å². The molecule has 4 nitrogen and oxygen atoms in total. The number of nitrogens with zero attached hydrogens (tertiary/aromatic N) is 1. The van der Waals surface area contributed by atoms with Gasteiger partial charge in [-0.05, 0) is 30.0 Å². The topological polar surface area (TPSA) is 59.3 Å². The molecule has 106 valence electrons. The lowest BCUT2D eigenvalue weighted by Crippen LogP contribution is -2.10. The van der Waals surface area contributed by atoms with Gasteiger partial charge < -0.3 is 9.67 Å². The Labute approximate surface area is 118 Å². The summed E-state index contributed by atoms with van der Waals surface area (Å²) < 4.78 is 1.57. The third kappa shape index (κ3) is 2.11. The summed E-state index contributed by atoms with van der Waals surface area (Å²) in [4.78, 5) is 23.3. The minimum Gasteiger partial charge on any atom is -0.477 e. The summed E-state index contributed by atoms with van der Waals surface area (Å²) in [7, 11) is 1.68. The molecule has 1 N–H and O–H groups in total. The van der Waals surface area contributed by atoms with E-state index in [1.165, 1.54) is 6.92 Å². The fourth-order valence-corrected chi connectivity index (χ4v) is 2.52. The summed E-state index contributed by atoms with van der Waals surface area (Å²) in [6.45, 7) is 7.67. The van der Waals surface area contributed by atoms with Gasteiger partial charge in [-0.25, -0.2) is 4.79 Å². The molecule has 4 heteroatoms. The van der Waals surface area contributed by atoms with Crippen molar-refractivity contribution in [2.75, 3.05) is 0 Å². The van der Waals surface area contributed by atoms with E-state index in [4.69, 9.17) is 0 Å². The van der Waals surface area contributed by atoms with Crippen molar-refractivity contribution in [3.8, 4) is 0 Å². The van der Waals surface area contributed by atoms with Gasteiger partial charge in [-0.3, -0.25) is 4.79 Å². The largest absolute Gasteiger partial charge is 0.477 e. The number of Topliss-reactive ketones (excluding diaryl/α,β-unsaturated/α-hetero) is 1. The van der Waals surface area contributed by atoms with Crippen LogP contribution in [0.4, 0.5) is 0 Å². The van der Waals surface area contributed by atoms with Gasteiger partial charge in [0.25, 0.3) is 0 Å². The molecule has 0 fully saturated rings. The van der Waals surface area contributed by atoms with Crippen molar-refractivity contribution in [1.29, 1.82) is 0 Å². The first-order chi connectivity index (χ1) is 9.14. The fourth-order valence-electron chi connectivity index (χ4n) is 2.52. The molecular weight excluding hydrogens is 254 g/mol. The molecule has 20 heavy (non-hydrogen) atoms. The smallest absolute Gasteiger partial charge is 0.353 e. The number of benzene rings is 1. The number of fused-ring (bicyclic) bond motifs is 1. The molecular formula is C16H19NO3. The number of hydrogen-bond donors (Lipinski definition) is 1. The minimum absolute atomic E-state index is 0.0541. The SMILES string of the molecule is CC(=O)c1c(C(=O)O)n(C)c2ccc(C(C)(C)C)cc12. The number of aryl methyl sites for hydroxylation is 1. The van der Waals surface area contributed by atoms with Gasteiger partial charge >= 0.3 is 5.97 Å². The maximum Gasteiger partial charge on any atom is 0.353 e. The highest BCUT2D eigenvalue weighted by Gasteiger charge is 2.24. The Morgan fingerprint density at radius 3 is 2.25 bits per heavy atom. The molecule has 0 bridgehead atoms. The first-order valence-electron chi connectivity index (χ1n) is 6.51. The monoisotopic (exact) mass is 273 g/mol. The van der Waals surface area contributed by atoms with Gasteiger partial charge in [0.05, 0.1) is 5.56 Å². The van der Waals surface area contributed by atoms with Gasteiger partial charge in [-0.15, -0.1) is 0 Å². The zero-order valence-electron chi connectivity index (χ0n) is 12.4. The number of carboxylic acids is 1. The van der Waals surface area contributed by atoms with Crippen molar-refractivity contribution in [2.45, 2.75) is 33.1 Å². The molecule has 0 amide bonds. The predicted molar refractivity (Wildman–Crippen MR) is 78.6 cm³/mol. The second kappa shape index (κ2) is 4.47. The summed E-state index contributed by atoms with van der Waals surface area (Å²) in [6, 6.07) is 5.80. The van der Waals surface area contributed by atoms with Crippen molar-refractivity contribution in [3.05, 3.63) is 35.0 Å². The summed E-state index contributed by atoms with van der Waals surface area (Å²) in [5.74, 6) is -1.30. The molecule has 0 saturated carbocycles. The number of carbonyl (C=O) groups is 2. The fraction of sp³-hybridized carbons (Fsp3) is 0.375. The molecule has 1 heterocycles. The maximum absolute atomic E-state index is 11.9. The summed E-state index contributed by atoms with van der Waals surface area (Å²) in [6.07, 6.45) is 0. The highest BCUT2D eigenvalue weighted by Crippen LogP contribution is 2.31. The molecule has 0 spiro atoms. The number of ketones is 1. The van der Waals surface area contributed by atoms with Gasteiger partial charge in [0.2, 0.25) is 0 Å². The maximum atomic E-state index is 11.9. The quantitative estimate of drug-likeness (QED) is 0.853.